The van der Waals surface area contributed by atoms with Crippen LogP contribution in [0.15, 0.2) is 24.3 Å². The van der Waals surface area contributed by atoms with Gasteiger partial charge in [0, 0.05) is 17.9 Å². The molecule has 1 aliphatic rings. The van der Waals surface area contributed by atoms with Crippen molar-refractivity contribution in [1.82, 2.24) is 5.32 Å². The van der Waals surface area contributed by atoms with Gasteiger partial charge in [-0.2, -0.15) is 0 Å². The molecular formula is C18H28N2O. The second-order valence-electron chi connectivity index (χ2n) is 7.00. The maximum absolute atomic E-state index is 12.4. The molecule has 1 aromatic carbocycles. The number of nitrogens with two attached hydrogens (primary N) is 1. The zero-order valence-electron chi connectivity index (χ0n) is 13.5. The predicted molar refractivity (Wildman–Crippen MR) is 87.1 cm³/mol. The van der Waals surface area contributed by atoms with Crippen LogP contribution in [-0.4, -0.2) is 19.0 Å². The number of carbonyl (C=O) groups is 1. The third-order valence-electron chi connectivity index (χ3n) is 4.84. The predicted octanol–water partition coefficient (Wildman–Crippen LogP) is 2.76. The minimum Gasteiger partial charge on any atom is -0.355 e. The van der Waals surface area contributed by atoms with E-state index in [0.717, 1.165) is 19.3 Å². The Morgan fingerprint density at radius 1 is 1.29 bits per heavy atom. The highest BCUT2D eigenvalue weighted by Crippen LogP contribution is 2.31. The second-order valence-corrected chi connectivity index (χ2v) is 7.00. The van der Waals surface area contributed by atoms with Gasteiger partial charge in [0.25, 0.3) is 0 Å². The van der Waals surface area contributed by atoms with E-state index in [1.165, 1.54) is 11.1 Å². The van der Waals surface area contributed by atoms with Gasteiger partial charge in [-0.15, -0.1) is 0 Å². The first-order valence-corrected chi connectivity index (χ1v) is 7.99. The lowest BCUT2D eigenvalue weighted by Crippen LogP contribution is -2.41. The molecule has 2 atom stereocenters. The highest BCUT2D eigenvalue weighted by molar-refractivity contribution is 5.79. The van der Waals surface area contributed by atoms with Gasteiger partial charge in [-0.3, -0.25) is 4.79 Å². The van der Waals surface area contributed by atoms with Gasteiger partial charge in [-0.05, 0) is 37.8 Å². The van der Waals surface area contributed by atoms with Gasteiger partial charge >= 0.3 is 0 Å². The van der Waals surface area contributed by atoms with Gasteiger partial charge in [0.05, 0.1) is 0 Å². The molecular weight excluding hydrogens is 260 g/mol. The Labute approximate surface area is 128 Å². The lowest BCUT2D eigenvalue weighted by atomic mass is 9.84. The number of benzene rings is 1. The van der Waals surface area contributed by atoms with Gasteiger partial charge < -0.3 is 11.1 Å². The van der Waals surface area contributed by atoms with Crippen molar-refractivity contribution in [2.24, 2.45) is 17.6 Å². The van der Waals surface area contributed by atoms with E-state index in [1.54, 1.807) is 0 Å². The number of rotatable bonds is 5. The Balaban J connectivity index is 1.95. The van der Waals surface area contributed by atoms with E-state index in [1.807, 2.05) is 0 Å². The minimum atomic E-state index is -0.0554. The van der Waals surface area contributed by atoms with E-state index in [4.69, 9.17) is 5.73 Å². The maximum atomic E-state index is 12.4. The number of aryl methyl sites for hydroxylation is 1. The molecule has 0 bridgehead atoms. The summed E-state index contributed by atoms with van der Waals surface area (Å²) in [4.78, 5) is 12.4. The summed E-state index contributed by atoms with van der Waals surface area (Å²) in [6.45, 7) is 7.73. The smallest absolute Gasteiger partial charge is 0.223 e. The molecule has 21 heavy (non-hydrogen) atoms. The monoisotopic (exact) mass is 288 g/mol. The van der Waals surface area contributed by atoms with Gasteiger partial charge in [0.2, 0.25) is 5.91 Å². The first-order valence-electron chi connectivity index (χ1n) is 7.99. The SMILES string of the molecule is Cc1ccc(C(C)(C)CNC(=O)[C@@H]2CCC[C@@H]2CN)cc1. The fraction of sp³-hybridized carbons (Fsp3) is 0.611. The van der Waals surface area contributed by atoms with Crippen LogP contribution in [0.4, 0.5) is 0 Å². The Morgan fingerprint density at radius 3 is 2.57 bits per heavy atom. The molecule has 0 saturated heterocycles. The molecule has 0 radical (unpaired) electrons. The highest BCUT2D eigenvalue weighted by atomic mass is 16.1. The fourth-order valence-corrected chi connectivity index (χ4v) is 3.21. The van der Waals surface area contributed by atoms with Crippen LogP contribution in [0, 0.1) is 18.8 Å². The normalized spacial score (nSPS) is 22.3. The van der Waals surface area contributed by atoms with Crippen molar-refractivity contribution in [3.63, 3.8) is 0 Å². The summed E-state index contributed by atoms with van der Waals surface area (Å²) in [6.07, 6.45) is 3.20. The van der Waals surface area contributed by atoms with E-state index < -0.39 is 0 Å². The van der Waals surface area contributed by atoms with Gasteiger partial charge in [-0.25, -0.2) is 0 Å². The Morgan fingerprint density at radius 2 is 1.95 bits per heavy atom. The van der Waals surface area contributed by atoms with E-state index in [2.05, 4.69) is 50.4 Å². The number of carbonyl (C=O) groups excluding carboxylic acids is 1. The molecule has 3 heteroatoms. The minimum absolute atomic E-state index is 0.0554. The third-order valence-corrected chi connectivity index (χ3v) is 4.84. The molecule has 1 saturated carbocycles. The third kappa shape index (κ3) is 3.85. The van der Waals surface area contributed by atoms with Crippen LogP contribution < -0.4 is 11.1 Å². The summed E-state index contributed by atoms with van der Waals surface area (Å²) >= 11 is 0. The Hall–Kier alpha value is -1.35. The Kier molecular flexibility index (Phi) is 5.04. The molecule has 2 rings (SSSR count). The summed E-state index contributed by atoms with van der Waals surface area (Å²) in [5.74, 6) is 0.666. The van der Waals surface area contributed by atoms with E-state index >= 15 is 0 Å². The number of nitrogens with one attached hydrogen (secondary N) is 1. The van der Waals surface area contributed by atoms with Crippen LogP contribution in [0.1, 0.15) is 44.2 Å². The topological polar surface area (TPSA) is 55.1 Å². The van der Waals surface area contributed by atoms with Crippen molar-refractivity contribution in [3.05, 3.63) is 35.4 Å². The molecule has 0 aliphatic heterocycles. The first kappa shape index (κ1) is 16.0. The van der Waals surface area contributed by atoms with E-state index in [-0.39, 0.29) is 17.2 Å². The lowest BCUT2D eigenvalue weighted by Gasteiger charge is -2.27. The van der Waals surface area contributed by atoms with Crippen molar-refractivity contribution in [2.45, 2.75) is 45.4 Å². The summed E-state index contributed by atoms with van der Waals surface area (Å²) < 4.78 is 0. The van der Waals surface area contributed by atoms with Crippen molar-refractivity contribution in [1.29, 1.82) is 0 Å². The molecule has 0 aromatic heterocycles. The summed E-state index contributed by atoms with van der Waals surface area (Å²) in [7, 11) is 0. The molecule has 1 amide bonds. The molecule has 3 nitrogen and oxygen atoms in total. The average Bonchev–Trinajstić information content (AvgIpc) is 2.94. The number of hydrogen-bond acceptors (Lipinski definition) is 2. The van der Waals surface area contributed by atoms with Gasteiger partial charge in [0.15, 0.2) is 0 Å². The summed E-state index contributed by atoms with van der Waals surface area (Å²) in [6, 6.07) is 8.56. The van der Waals surface area contributed by atoms with Crippen molar-refractivity contribution in [2.75, 3.05) is 13.1 Å². The molecule has 0 unspecified atom stereocenters. The van der Waals surface area contributed by atoms with Crippen LogP contribution in [-0.2, 0) is 10.2 Å². The molecule has 3 N–H and O–H groups in total. The fourth-order valence-electron chi connectivity index (χ4n) is 3.21. The quantitative estimate of drug-likeness (QED) is 0.875. The molecule has 1 aliphatic carbocycles. The standard InChI is InChI=1S/C18H28N2O/c1-13-7-9-15(10-8-13)18(2,3)12-20-17(21)16-6-4-5-14(16)11-19/h7-10,14,16H,4-6,11-12,19H2,1-3H3,(H,20,21)/t14-,16-/m1/s1. The largest absolute Gasteiger partial charge is 0.355 e. The average molecular weight is 288 g/mol. The van der Waals surface area contributed by atoms with Crippen LogP contribution in [0.3, 0.4) is 0 Å². The number of amides is 1. The first-order chi connectivity index (χ1) is 9.94. The van der Waals surface area contributed by atoms with Crippen LogP contribution >= 0.6 is 0 Å². The van der Waals surface area contributed by atoms with Gasteiger partial charge in [0.1, 0.15) is 0 Å². The second kappa shape index (κ2) is 6.61. The molecule has 1 fully saturated rings. The van der Waals surface area contributed by atoms with E-state index in [0.29, 0.717) is 19.0 Å². The summed E-state index contributed by atoms with van der Waals surface area (Å²) in [5, 5.41) is 3.15. The number of hydrogen-bond donors (Lipinski definition) is 2. The summed E-state index contributed by atoms with van der Waals surface area (Å²) in [5.41, 5.74) is 8.23. The highest BCUT2D eigenvalue weighted by Gasteiger charge is 2.32. The molecule has 116 valence electrons. The van der Waals surface area contributed by atoms with Gasteiger partial charge in [-0.1, -0.05) is 50.1 Å². The molecule has 0 spiro atoms. The van der Waals surface area contributed by atoms with E-state index in [9.17, 15) is 4.79 Å². The zero-order chi connectivity index (χ0) is 15.5. The van der Waals surface area contributed by atoms with Crippen LogP contribution in [0.25, 0.3) is 0 Å². The van der Waals surface area contributed by atoms with Crippen LogP contribution in [0.2, 0.25) is 0 Å². The Bertz CT molecular complexity index is 478. The van der Waals surface area contributed by atoms with Crippen molar-refractivity contribution in [3.8, 4) is 0 Å². The molecule has 1 aromatic rings. The van der Waals surface area contributed by atoms with Crippen molar-refractivity contribution >= 4 is 5.91 Å². The molecule has 0 heterocycles. The lowest BCUT2D eigenvalue weighted by molar-refractivity contribution is -0.126. The zero-order valence-corrected chi connectivity index (χ0v) is 13.5. The van der Waals surface area contributed by atoms with Crippen LogP contribution in [0.5, 0.6) is 0 Å². The maximum Gasteiger partial charge on any atom is 0.223 e. The van der Waals surface area contributed by atoms with Crippen molar-refractivity contribution < 1.29 is 4.79 Å².